The highest BCUT2D eigenvalue weighted by atomic mass is 15.2. The summed E-state index contributed by atoms with van der Waals surface area (Å²) in [6.45, 7) is 7.90. The Kier molecular flexibility index (Phi) is 5.00. The van der Waals surface area contributed by atoms with Gasteiger partial charge >= 0.3 is 0 Å². The zero-order valence-electron chi connectivity index (χ0n) is 12.6. The van der Waals surface area contributed by atoms with E-state index in [2.05, 4.69) is 49.9 Å². The van der Waals surface area contributed by atoms with Gasteiger partial charge in [0.25, 0.3) is 0 Å². The van der Waals surface area contributed by atoms with E-state index in [4.69, 9.17) is 5.73 Å². The average Bonchev–Trinajstić information content (AvgIpc) is 2.41. The molecule has 0 aromatic heterocycles. The third kappa shape index (κ3) is 3.37. The summed E-state index contributed by atoms with van der Waals surface area (Å²) in [6, 6.07) is 10.1. The molecule has 0 radical (unpaired) electrons. The standard InChI is InChI=1S/C17H28N2/c1-4-16(18)17(15-10-7-8-13(2)12-15)19-11-6-5-9-14(19)3/h7-8,10,12,14,16-17H,4-6,9,11,18H2,1-3H3. The maximum atomic E-state index is 6.45. The third-order valence-corrected chi connectivity index (χ3v) is 4.47. The highest BCUT2D eigenvalue weighted by Gasteiger charge is 2.30. The molecule has 2 heteroatoms. The first kappa shape index (κ1) is 14.5. The van der Waals surface area contributed by atoms with Crippen molar-refractivity contribution < 1.29 is 0 Å². The van der Waals surface area contributed by atoms with E-state index in [0.717, 1.165) is 6.42 Å². The number of likely N-dealkylation sites (tertiary alicyclic amines) is 1. The molecule has 2 rings (SSSR count). The second kappa shape index (κ2) is 6.53. The molecule has 2 N–H and O–H groups in total. The van der Waals surface area contributed by atoms with Crippen LogP contribution < -0.4 is 5.73 Å². The van der Waals surface area contributed by atoms with E-state index in [9.17, 15) is 0 Å². The maximum absolute atomic E-state index is 6.45. The summed E-state index contributed by atoms with van der Waals surface area (Å²) in [5.74, 6) is 0. The molecule has 1 aliphatic heterocycles. The lowest BCUT2D eigenvalue weighted by Crippen LogP contribution is -2.47. The summed E-state index contributed by atoms with van der Waals surface area (Å²) < 4.78 is 0. The number of hydrogen-bond donors (Lipinski definition) is 1. The van der Waals surface area contributed by atoms with E-state index in [1.165, 1.54) is 36.9 Å². The quantitative estimate of drug-likeness (QED) is 0.895. The van der Waals surface area contributed by atoms with Gasteiger partial charge in [0.05, 0.1) is 6.04 Å². The predicted molar refractivity (Wildman–Crippen MR) is 82.2 cm³/mol. The molecule has 106 valence electrons. The Morgan fingerprint density at radius 3 is 2.79 bits per heavy atom. The van der Waals surface area contributed by atoms with Crippen LogP contribution >= 0.6 is 0 Å². The molecule has 1 aromatic carbocycles. The Balaban J connectivity index is 2.29. The molecule has 19 heavy (non-hydrogen) atoms. The lowest BCUT2D eigenvalue weighted by Gasteiger charge is -2.42. The van der Waals surface area contributed by atoms with Gasteiger partial charge < -0.3 is 5.73 Å². The molecule has 1 aliphatic rings. The van der Waals surface area contributed by atoms with Crippen LogP contribution in [-0.2, 0) is 0 Å². The van der Waals surface area contributed by atoms with Gasteiger partial charge in [-0.1, -0.05) is 43.2 Å². The predicted octanol–water partition coefficient (Wildman–Crippen LogP) is 3.65. The first-order valence-electron chi connectivity index (χ1n) is 7.71. The Hall–Kier alpha value is -0.860. The van der Waals surface area contributed by atoms with E-state index in [1.807, 2.05) is 0 Å². The summed E-state index contributed by atoms with van der Waals surface area (Å²) in [6.07, 6.45) is 5.00. The van der Waals surface area contributed by atoms with Crippen LogP contribution in [0.4, 0.5) is 0 Å². The molecular formula is C17H28N2. The fraction of sp³-hybridized carbons (Fsp3) is 0.647. The summed E-state index contributed by atoms with van der Waals surface area (Å²) >= 11 is 0. The molecule has 2 nitrogen and oxygen atoms in total. The maximum Gasteiger partial charge on any atom is 0.0501 e. The van der Waals surface area contributed by atoms with Crippen molar-refractivity contribution in [2.75, 3.05) is 6.54 Å². The van der Waals surface area contributed by atoms with Crippen molar-refractivity contribution in [1.29, 1.82) is 0 Å². The Labute approximate surface area is 118 Å². The van der Waals surface area contributed by atoms with E-state index in [-0.39, 0.29) is 6.04 Å². The molecule has 1 fully saturated rings. The summed E-state index contributed by atoms with van der Waals surface area (Å²) in [7, 11) is 0. The fourth-order valence-electron chi connectivity index (χ4n) is 3.30. The van der Waals surface area contributed by atoms with Gasteiger partial charge in [0, 0.05) is 12.1 Å². The van der Waals surface area contributed by atoms with E-state index >= 15 is 0 Å². The van der Waals surface area contributed by atoms with Crippen molar-refractivity contribution in [1.82, 2.24) is 4.90 Å². The van der Waals surface area contributed by atoms with Crippen LogP contribution in [0.15, 0.2) is 24.3 Å². The van der Waals surface area contributed by atoms with Gasteiger partial charge in [-0.15, -0.1) is 0 Å². The van der Waals surface area contributed by atoms with Gasteiger partial charge in [-0.2, -0.15) is 0 Å². The van der Waals surface area contributed by atoms with Crippen LogP contribution in [-0.4, -0.2) is 23.5 Å². The fourth-order valence-corrected chi connectivity index (χ4v) is 3.30. The number of hydrogen-bond acceptors (Lipinski definition) is 2. The van der Waals surface area contributed by atoms with Crippen molar-refractivity contribution in [3.8, 4) is 0 Å². The normalized spacial score (nSPS) is 24.1. The van der Waals surface area contributed by atoms with Crippen molar-refractivity contribution in [2.45, 2.75) is 64.6 Å². The van der Waals surface area contributed by atoms with Crippen LogP contribution in [0.3, 0.4) is 0 Å². The Bertz CT molecular complexity index is 402. The zero-order valence-corrected chi connectivity index (χ0v) is 12.6. The van der Waals surface area contributed by atoms with Crippen molar-refractivity contribution in [2.24, 2.45) is 5.73 Å². The van der Waals surface area contributed by atoms with Gasteiger partial charge in [-0.25, -0.2) is 0 Å². The molecule has 1 heterocycles. The number of nitrogens with two attached hydrogens (primary N) is 1. The molecular weight excluding hydrogens is 232 g/mol. The topological polar surface area (TPSA) is 29.3 Å². The van der Waals surface area contributed by atoms with Crippen LogP contribution in [0.25, 0.3) is 0 Å². The minimum atomic E-state index is 0.224. The monoisotopic (exact) mass is 260 g/mol. The lowest BCUT2D eigenvalue weighted by molar-refractivity contribution is 0.0880. The molecule has 0 amide bonds. The van der Waals surface area contributed by atoms with Gasteiger partial charge in [0.1, 0.15) is 0 Å². The second-order valence-corrected chi connectivity index (χ2v) is 6.01. The minimum absolute atomic E-state index is 0.224. The molecule has 1 aromatic rings. The SMILES string of the molecule is CCC(N)C(c1cccc(C)c1)N1CCCCC1C. The van der Waals surface area contributed by atoms with Gasteiger partial charge in [-0.05, 0) is 45.2 Å². The summed E-state index contributed by atoms with van der Waals surface area (Å²) in [5, 5.41) is 0. The summed E-state index contributed by atoms with van der Waals surface area (Å²) in [4.78, 5) is 2.63. The number of nitrogens with zero attached hydrogens (tertiary/aromatic N) is 1. The van der Waals surface area contributed by atoms with Crippen LogP contribution in [0, 0.1) is 6.92 Å². The van der Waals surface area contributed by atoms with Gasteiger partial charge in [0.15, 0.2) is 0 Å². The molecule has 0 bridgehead atoms. The largest absolute Gasteiger partial charge is 0.326 e. The van der Waals surface area contributed by atoms with Crippen molar-refractivity contribution in [3.05, 3.63) is 35.4 Å². The summed E-state index contributed by atoms with van der Waals surface area (Å²) in [5.41, 5.74) is 9.17. The first-order valence-corrected chi connectivity index (χ1v) is 7.71. The van der Waals surface area contributed by atoms with Crippen LogP contribution in [0.1, 0.15) is 56.7 Å². The number of aryl methyl sites for hydroxylation is 1. The smallest absolute Gasteiger partial charge is 0.0501 e. The second-order valence-electron chi connectivity index (χ2n) is 6.01. The van der Waals surface area contributed by atoms with Crippen molar-refractivity contribution >= 4 is 0 Å². The molecule has 0 saturated carbocycles. The minimum Gasteiger partial charge on any atom is -0.326 e. The molecule has 0 spiro atoms. The average molecular weight is 260 g/mol. The molecule has 0 aliphatic carbocycles. The van der Waals surface area contributed by atoms with E-state index in [1.54, 1.807) is 0 Å². The number of piperidine rings is 1. The Morgan fingerprint density at radius 1 is 1.37 bits per heavy atom. The first-order chi connectivity index (χ1) is 9.13. The highest BCUT2D eigenvalue weighted by Crippen LogP contribution is 2.31. The van der Waals surface area contributed by atoms with E-state index < -0.39 is 0 Å². The van der Waals surface area contributed by atoms with Crippen LogP contribution in [0.5, 0.6) is 0 Å². The molecule has 1 saturated heterocycles. The Morgan fingerprint density at radius 2 is 2.16 bits per heavy atom. The number of rotatable bonds is 4. The lowest BCUT2D eigenvalue weighted by atomic mass is 9.91. The highest BCUT2D eigenvalue weighted by molar-refractivity contribution is 5.26. The molecule has 3 atom stereocenters. The number of benzene rings is 1. The zero-order chi connectivity index (χ0) is 13.8. The van der Waals surface area contributed by atoms with Gasteiger partial charge in [0.2, 0.25) is 0 Å². The van der Waals surface area contributed by atoms with Gasteiger partial charge in [-0.3, -0.25) is 4.90 Å². The molecule has 3 unspecified atom stereocenters. The van der Waals surface area contributed by atoms with E-state index in [0.29, 0.717) is 12.1 Å². The van der Waals surface area contributed by atoms with Crippen molar-refractivity contribution in [3.63, 3.8) is 0 Å². The third-order valence-electron chi connectivity index (χ3n) is 4.47. The van der Waals surface area contributed by atoms with Crippen LogP contribution in [0.2, 0.25) is 0 Å².